The van der Waals surface area contributed by atoms with Crippen molar-refractivity contribution in [2.45, 2.75) is 17.7 Å². The topological polar surface area (TPSA) is 106 Å². The quantitative estimate of drug-likeness (QED) is 0.624. The van der Waals surface area contributed by atoms with Gasteiger partial charge in [-0.15, -0.1) is 0 Å². The lowest BCUT2D eigenvalue weighted by Gasteiger charge is -2.16. The van der Waals surface area contributed by atoms with E-state index in [9.17, 15) is 18.3 Å². The lowest BCUT2D eigenvalue weighted by Crippen LogP contribution is -2.27. The first-order valence-corrected chi connectivity index (χ1v) is 11.2. The number of hydrogen-bond donors (Lipinski definition) is 1. The highest BCUT2D eigenvalue weighted by atomic mass is 32.2. The first-order valence-electron chi connectivity index (χ1n) is 9.76. The number of methoxy groups -OCH3 is 2. The Morgan fingerprint density at radius 2 is 1.77 bits per heavy atom. The average molecular weight is 442 g/mol. The van der Waals surface area contributed by atoms with Gasteiger partial charge in [0.15, 0.2) is 0 Å². The minimum atomic E-state index is -3.68. The van der Waals surface area contributed by atoms with Crippen molar-refractivity contribution in [3.05, 3.63) is 48.0 Å². The minimum absolute atomic E-state index is 0.0386. The molecule has 162 valence electrons. The van der Waals surface area contributed by atoms with E-state index in [1.54, 1.807) is 24.3 Å². The van der Waals surface area contributed by atoms with Crippen LogP contribution in [0.15, 0.2) is 47.4 Å². The van der Waals surface area contributed by atoms with Crippen LogP contribution in [0.3, 0.4) is 0 Å². The van der Waals surface area contributed by atoms with Gasteiger partial charge < -0.3 is 14.6 Å². The molecule has 0 aliphatic carbocycles. The molecule has 0 spiro atoms. The number of nitrogens with zero attached hydrogens (tertiary/aromatic N) is 2. The van der Waals surface area contributed by atoms with Gasteiger partial charge in [-0.3, -0.25) is 0 Å². The zero-order valence-electron chi connectivity index (χ0n) is 17.2. The number of aromatic nitrogens is 1. The monoisotopic (exact) mass is 442 g/mol. The Kier molecular flexibility index (Phi) is 5.55. The highest BCUT2D eigenvalue weighted by Gasteiger charge is 2.28. The fraction of sp³-hybridized carbons (Fsp3) is 0.273. The zero-order chi connectivity index (χ0) is 22.2. The van der Waals surface area contributed by atoms with E-state index in [0.717, 1.165) is 12.8 Å². The maximum Gasteiger partial charge on any atom is 0.336 e. The van der Waals surface area contributed by atoms with Crippen molar-refractivity contribution in [2.75, 3.05) is 27.3 Å². The molecule has 0 saturated carbocycles. The number of sulfonamides is 1. The zero-order valence-corrected chi connectivity index (χ0v) is 18.0. The van der Waals surface area contributed by atoms with Gasteiger partial charge in [-0.1, -0.05) is 0 Å². The summed E-state index contributed by atoms with van der Waals surface area (Å²) in [7, 11) is -0.632. The maximum atomic E-state index is 12.9. The molecule has 9 heteroatoms. The van der Waals surface area contributed by atoms with Crippen molar-refractivity contribution in [1.29, 1.82) is 0 Å². The molecule has 2 aromatic carbocycles. The maximum absolute atomic E-state index is 12.9. The van der Waals surface area contributed by atoms with Crippen molar-refractivity contribution < 1.29 is 27.8 Å². The van der Waals surface area contributed by atoms with Gasteiger partial charge in [0.1, 0.15) is 11.5 Å². The van der Waals surface area contributed by atoms with Gasteiger partial charge in [0.25, 0.3) is 0 Å². The van der Waals surface area contributed by atoms with Gasteiger partial charge in [0, 0.05) is 24.0 Å². The molecule has 1 N–H and O–H groups in total. The van der Waals surface area contributed by atoms with Gasteiger partial charge in [-0.2, -0.15) is 4.31 Å². The fourth-order valence-corrected chi connectivity index (χ4v) is 5.32. The summed E-state index contributed by atoms with van der Waals surface area (Å²) in [5, 5.41) is 10.1. The molecule has 2 heterocycles. The standard InChI is InChI=1S/C22H22N2O6S/c1-29-14-5-8-21(30-2)18(11-14)20-13-17(22(25)26)16-12-15(6-7-19(16)23-20)31(27,28)24-9-3-4-10-24/h5-8,11-13H,3-4,9-10H2,1-2H3,(H,25,26). The summed E-state index contributed by atoms with van der Waals surface area (Å²) in [6.07, 6.45) is 1.64. The fourth-order valence-electron chi connectivity index (χ4n) is 3.77. The lowest BCUT2D eigenvalue weighted by atomic mass is 10.0. The van der Waals surface area contributed by atoms with Crippen LogP contribution in [0.2, 0.25) is 0 Å². The van der Waals surface area contributed by atoms with Gasteiger partial charge in [0.05, 0.1) is 35.9 Å². The number of aromatic carboxylic acids is 1. The Balaban J connectivity index is 1.90. The van der Waals surface area contributed by atoms with Gasteiger partial charge in [0.2, 0.25) is 10.0 Å². The van der Waals surface area contributed by atoms with E-state index < -0.39 is 16.0 Å². The SMILES string of the molecule is COc1ccc(OC)c(-c2cc(C(=O)O)c3cc(S(=O)(=O)N4CCCC4)ccc3n2)c1. The molecular formula is C22H22N2O6S. The first-order chi connectivity index (χ1) is 14.8. The summed E-state index contributed by atoms with van der Waals surface area (Å²) in [6, 6.07) is 11.0. The van der Waals surface area contributed by atoms with Crippen LogP contribution in [0.4, 0.5) is 0 Å². The van der Waals surface area contributed by atoms with Crippen molar-refractivity contribution in [3.8, 4) is 22.8 Å². The summed E-state index contributed by atoms with van der Waals surface area (Å²) in [6.45, 7) is 0.942. The van der Waals surface area contributed by atoms with Crippen molar-refractivity contribution >= 4 is 26.9 Å². The van der Waals surface area contributed by atoms with Gasteiger partial charge in [-0.05, 0) is 55.3 Å². The Morgan fingerprint density at radius 3 is 2.42 bits per heavy atom. The smallest absolute Gasteiger partial charge is 0.336 e. The Morgan fingerprint density at radius 1 is 1.03 bits per heavy atom. The number of benzene rings is 2. The number of pyridine rings is 1. The van der Waals surface area contributed by atoms with Crippen LogP contribution in [0.25, 0.3) is 22.2 Å². The van der Waals surface area contributed by atoms with Crippen LogP contribution in [-0.2, 0) is 10.0 Å². The van der Waals surface area contributed by atoms with Crippen LogP contribution in [0, 0.1) is 0 Å². The second kappa shape index (κ2) is 8.16. The molecule has 0 unspecified atom stereocenters. The summed E-state index contributed by atoms with van der Waals surface area (Å²) < 4.78 is 38.0. The minimum Gasteiger partial charge on any atom is -0.497 e. The molecule has 8 nitrogen and oxygen atoms in total. The molecule has 31 heavy (non-hydrogen) atoms. The van der Waals surface area contributed by atoms with Gasteiger partial charge >= 0.3 is 5.97 Å². The van der Waals surface area contributed by atoms with Crippen LogP contribution >= 0.6 is 0 Å². The number of ether oxygens (including phenoxy) is 2. The predicted molar refractivity (Wildman–Crippen MR) is 115 cm³/mol. The molecule has 0 bridgehead atoms. The molecule has 1 aliphatic heterocycles. The highest BCUT2D eigenvalue weighted by molar-refractivity contribution is 7.89. The van der Waals surface area contributed by atoms with Crippen LogP contribution in [0.5, 0.6) is 11.5 Å². The van der Waals surface area contributed by atoms with Crippen molar-refractivity contribution in [1.82, 2.24) is 9.29 Å². The number of carboxylic acids is 1. The van der Waals surface area contributed by atoms with Crippen LogP contribution in [-0.4, -0.2) is 56.1 Å². The molecular weight excluding hydrogens is 420 g/mol. The van der Waals surface area contributed by atoms with E-state index >= 15 is 0 Å². The second-order valence-corrected chi connectivity index (χ2v) is 9.15. The van der Waals surface area contributed by atoms with E-state index in [1.807, 2.05) is 0 Å². The van der Waals surface area contributed by atoms with E-state index in [1.165, 1.54) is 36.7 Å². The number of fused-ring (bicyclic) bond motifs is 1. The molecule has 1 fully saturated rings. The molecule has 1 aromatic heterocycles. The molecule has 0 amide bonds. The third kappa shape index (κ3) is 3.82. The van der Waals surface area contributed by atoms with E-state index in [-0.39, 0.29) is 15.8 Å². The number of carboxylic acid groups (broad SMARTS) is 1. The third-order valence-electron chi connectivity index (χ3n) is 5.40. The van der Waals surface area contributed by atoms with E-state index in [4.69, 9.17) is 9.47 Å². The molecule has 0 radical (unpaired) electrons. The number of rotatable bonds is 6. The largest absolute Gasteiger partial charge is 0.497 e. The normalized spacial score (nSPS) is 14.6. The predicted octanol–water partition coefficient (Wildman–Crippen LogP) is 3.40. The number of hydrogen-bond acceptors (Lipinski definition) is 6. The second-order valence-electron chi connectivity index (χ2n) is 7.22. The highest BCUT2D eigenvalue weighted by Crippen LogP contribution is 2.35. The molecule has 1 saturated heterocycles. The lowest BCUT2D eigenvalue weighted by molar-refractivity contribution is 0.0699. The molecule has 1 aliphatic rings. The van der Waals surface area contributed by atoms with Crippen LogP contribution in [0.1, 0.15) is 23.2 Å². The number of carbonyl (C=O) groups is 1. The van der Waals surface area contributed by atoms with Gasteiger partial charge in [-0.25, -0.2) is 18.2 Å². The van der Waals surface area contributed by atoms with Crippen molar-refractivity contribution in [2.24, 2.45) is 0 Å². The average Bonchev–Trinajstić information content (AvgIpc) is 3.33. The Labute approximate surface area is 180 Å². The van der Waals surface area contributed by atoms with Crippen molar-refractivity contribution in [3.63, 3.8) is 0 Å². The summed E-state index contributed by atoms with van der Waals surface area (Å²) in [5.74, 6) is -0.0925. The molecule has 0 atom stereocenters. The Hall–Kier alpha value is -3.17. The first kappa shape index (κ1) is 21.1. The van der Waals surface area contributed by atoms with E-state index in [2.05, 4.69) is 4.98 Å². The molecule has 4 rings (SSSR count). The third-order valence-corrected chi connectivity index (χ3v) is 7.29. The van der Waals surface area contributed by atoms with E-state index in [0.29, 0.717) is 41.4 Å². The summed E-state index contributed by atoms with van der Waals surface area (Å²) in [5.41, 5.74) is 1.29. The Bertz CT molecular complexity index is 1270. The summed E-state index contributed by atoms with van der Waals surface area (Å²) >= 11 is 0. The van der Waals surface area contributed by atoms with Crippen LogP contribution < -0.4 is 9.47 Å². The summed E-state index contributed by atoms with van der Waals surface area (Å²) in [4.78, 5) is 16.7. The molecule has 3 aromatic rings.